The van der Waals surface area contributed by atoms with Gasteiger partial charge in [-0.2, -0.15) is 4.98 Å². The number of hydrogen-bond donors (Lipinski definition) is 1. The van der Waals surface area contributed by atoms with Crippen LogP contribution in [0.2, 0.25) is 0 Å². The van der Waals surface area contributed by atoms with E-state index in [2.05, 4.69) is 63.6 Å². The van der Waals surface area contributed by atoms with Crippen molar-refractivity contribution in [2.24, 2.45) is 0 Å². The normalized spacial score (nSPS) is 23.9. The highest BCUT2D eigenvalue weighted by Crippen LogP contribution is 2.31. The first-order valence-corrected chi connectivity index (χ1v) is 12.5. The summed E-state index contributed by atoms with van der Waals surface area (Å²) in [6, 6.07) is 18.1. The molecule has 6 rings (SSSR count). The maximum absolute atomic E-state index is 5.61. The van der Waals surface area contributed by atoms with Gasteiger partial charge in [0.15, 0.2) is 0 Å². The van der Waals surface area contributed by atoms with Gasteiger partial charge in [0.1, 0.15) is 5.82 Å². The van der Waals surface area contributed by atoms with Crippen molar-refractivity contribution in [1.29, 1.82) is 0 Å². The Morgan fingerprint density at radius 3 is 2.55 bits per heavy atom. The van der Waals surface area contributed by atoms with Crippen molar-refractivity contribution in [3.05, 3.63) is 59.7 Å². The van der Waals surface area contributed by atoms with E-state index in [-0.39, 0.29) is 0 Å². The lowest BCUT2D eigenvalue weighted by Crippen LogP contribution is -2.52. The van der Waals surface area contributed by atoms with Crippen LogP contribution in [0.15, 0.2) is 48.5 Å². The van der Waals surface area contributed by atoms with Crippen LogP contribution in [0.5, 0.6) is 0 Å². The Bertz CT molecular complexity index is 1110. The molecule has 3 aliphatic rings. The van der Waals surface area contributed by atoms with E-state index in [1.54, 1.807) is 0 Å². The summed E-state index contributed by atoms with van der Waals surface area (Å²) in [6.45, 7) is 5.63. The van der Waals surface area contributed by atoms with Crippen LogP contribution in [0.3, 0.4) is 0 Å². The molecule has 0 bridgehead atoms. The van der Waals surface area contributed by atoms with Gasteiger partial charge in [-0.25, -0.2) is 4.98 Å². The van der Waals surface area contributed by atoms with Crippen molar-refractivity contribution in [3.63, 3.8) is 0 Å². The minimum atomic E-state index is 0.382. The highest BCUT2D eigenvalue weighted by atomic mass is 16.5. The maximum Gasteiger partial charge on any atom is 0.225 e. The topological polar surface area (TPSA) is 53.5 Å². The second-order valence-corrected chi connectivity index (χ2v) is 9.58. The van der Waals surface area contributed by atoms with E-state index in [1.807, 2.05) is 0 Å². The number of nitrogens with zero attached hydrogens (tertiary/aromatic N) is 4. The quantitative estimate of drug-likeness (QED) is 0.651. The van der Waals surface area contributed by atoms with Gasteiger partial charge in [-0.15, -0.1) is 0 Å². The summed E-state index contributed by atoms with van der Waals surface area (Å²) in [5.74, 6) is 1.82. The van der Waals surface area contributed by atoms with E-state index in [9.17, 15) is 0 Å². The van der Waals surface area contributed by atoms with Crippen LogP contribution < -0.4 is 10.2 Å². The Balaban J connectivity index is 1.31. The molecule has 1 aromatic heterocycles. The smallest absolute Gasteiger partial charge is 0.225 e. The van der Waals surface area contributed by atoms with Gasteiger partial charge in [0.05, 0.1) is 18.7 Å². The molecule has 1 aliphatic carbocycles. The highest BCUT2D eigenvalue weighted by molar-refractivity contribution is 5.90. The summed E-state index contributed by atoms with van der Waals surface area (Å²) in [4.78, 5) is 15.1. The van der Waals surface area contributed by atoms with Crippen molar-refractivity contribution >= 4 is 22.7 Å². The van der Waals surface area contributed by atoms with Crippen molar-refractivity contribution in [1.82, 2.24) is 14.9 Å². The van der Waals surface area contributed by atoms with Crippen LogP contribution in [0.25, 0.3) is 10.9 Å². The zero-order valence-corrected chi connectivity index (χ0v) is 19.2. The van der Waals surface area contributed by atoms with E-state index in [4.69, 9.17) is 14.7 Å². The fourth-order valence-electron chi connectivity index (χ4n) is 5.83. The Morgan fingerprint density at radius 2 is 1.64 bits per heavy atom. The predicted molar refractivity (Wildman–Crippen MR) is 133 cm³/mol. The van der Waals surface area contributed by atoms with E-state index < -0.39 is 0 Å². The molecule has 1 saturated heterocycles. The lowest BCUT2D eigenvalue weighted by Gasteiger charge is -2.42. The number of ether oxygens (including phenoxy) is 1. The van der Waals surface area contributed by atoms with Crippen LogP contribution in [0.4, 0.5) is 11.8 Å². The number of hydrogen-bond acceptors (Lipinski definition) is 6. The van der Waals surface area contributed by atoms with Crippen LogP contribution in [0, 0.1) is 0 Å². The van der Waals surface area contributed by atoms with Gasteiger partial charge in [0.2, 0.25) is 5.95 Å². The van der Waals surface area contributed by atoms with Gasteiger partial charge >= 0.3 is 0 Å². The average Bonchev–Trinajstić information content (AvgIpc) is 2.89. The van der Waals surface area contributed by atoms with E-state index in [1.165, 1.54) is 36.8 Å². The number of aromatic nitrogens is 2. The number of rotatable bonds is 4. The molecule has 0 radical (unpaired) electrons. The van der Waals surface area contributed by atoms with Crippen LogP contribution in [-0.2, 0) is 17.7 Å². The van der Waals surface area contributed by atoms with Crippen LogP contribution >= 0.6 is 0 Å². The molecule has 2 aromatic carbocycles. The highest BCUT2D eigenvalue weighted by Gasteiger charge is 2.32. The molecule has 2 atom stereocenters. The van der Waals surface area contributed by atoms with E-state index in [0.717, 1.165) is 68.5 Å². The third kappa shape index (κ3) is 4.30. The molecule has 0 spiro atoms. The van der Waals surface area contributed by atoms with Gasteiger partial charge in [-0.05, 0) is 42.5 Å². The molecule has 1 saturated carbocycles. The first-order valence-electron chi connectivity index (χ1n) is 12.5. The lowest BCUT2D eigenvalue weighted by molar-refractivity contribution is 0.00554. The Hall–Kier alpha value is -2.70. The van der Waals surface area contributed by atoms with Crippen molar-refractivity contribution in [2.75, 3.05) is 43.1 Å². The fourth-order valence-corrected chi connectivity index (χ4v) is 5.83. The molecular formula is C27H33N5O. The molecule has 0 amide bonds. The molecule has 3 heterocycles. The first kappa shape index (κ1) is 20.9. The number of anilines is 2. The summed E-state index contributed by atoms with van der Waals surface area (Å²) in [5, 5.41) is 4.92. The molecule has 2 fully saturated rings. The Morgan fingerprint density at radius 1 is 0.848 bits per heavy atom. The summed E-state index contributed by atoms with van der Waals surface area (Å²) in [6.07, 6.45) is 6.03. The largest absolute Gasteiger partial charge is 0.379 e. The third-order valence-electron chi connectivity index (χ3n) is 7.57. The number of para-hydroxylation sites is 1. The van der Waals surface area contributed by atoms with E-state index >= 15 is 0 Å². The number of fused-ring (bicyclic) bond motifs is 2. The molecule has 6 nitrogen and oxygen atoms in total. The predicted octanol–water partition coefficient (Wildman–Crippen LogP) is 4.25. The van der Waals surface area contributed by atoms with Crippen LogP contribution in [-0.4, -0.2) is 59.8 Å². The van der Waals surface area contributed by atoms with Gasteiger partial charge in [-0.1, -0.05) is 49.2 Å². The summed E-state index contributed by atoms with van der Waals surface area (Å²) < 4.78 is 5.61. The molecular weight excluding hydrogens is 410 g/mol. The lowest BCUT2D eigenvalue weighted by atomic mass is 9.89. The van der Waals surface area contributed by atoms with Gasteiger partial charge < -0.3 is 15.0 Å². The SMILES string of the molecule is c1ccc2c(c1)CCN(c1nc(N[C@H]3CCCC[C@@H]3N3CCOCC3)nc3ccccc13)C2. The summed E-state index contributed by atoms with van der Waals surface area (Å²) in [5.41, 5.74) is 3.88. The zero-order valence-electron chi connectivity index (χ0n) is 19.2. The van der Waals surface area contributed by atoms with Gasteiger partial charge in [0, 0.05) is 43.6 Å². The molecule has 2 aliphatic heterocycles. The average molecular weight is 444 g/mol. The molecule has 0 unspecified atom stereocenters. The minimum absolute atomic E-state index is 0.382. The third-order valence-corrected chi connectivity index (χ3v) is 7.57. The van der Waals surface area contributed by atoms with Crippen molar-refractivity contribution in [3.8, 4) is 0 Å². The maximum atomic E-state index is 5.61. The molecule has 33 heavy (non-hydrogen) atoms. The Kier molecular flexibility index (Phi) is 5.87. The second kappa shape index (κ2) is 9.27. The summed E-state index contributed by atoms with van der Waals surface area (Å²) in [7, 11) is 0. The van der Waals surface area contributed by atoms with Gasteiger partial charge in [-0.3, -0.25) is 4.90 Å². The number of nitrogens with one attached hydrogen (secondary N) is 1. The first-order chi connectivity index (χ1) is 16.3. The number of morpholine rings is 1. The molecule has 1 N–H and O–H groups in total. The number of benzene rings is 2. The minimum Gasteiger partial charge on any atom is -0.379 e. The fraction of sp³-hybridized carbons (Fsp3) is 0.481. The van der Waals surface area contributed by atoms with Crippen molar-refractivity contribution in [2.45, 2.75) is 50.7 Å². The monoisotopic (exact) mass is 443 g/mol. The molecule has 6 heteroatoms. The zero-order chi connectivity index (χ0) is 22.0. The van der Waals surface area contributed by atoms with Gasteiger partial charge in [0.25, 0.3) is 0 Å². The molecule has 3 aromatic rings. The standard InChI is InChI=1S/C27H33N5O/c1-2-8-21-19-32(14-13-20(21)7-1)26-22-9-3-4-10-23(22)28-27(30-26)29-24-11-5-6-12-25(24)31-15-17-33-18-16-31/h1-4,7-10,24-25H,5-6,11-19H2,(H,28,29,30)/t24-,25-/m0/s1. The Labute approximate surface area is 196 Å². The summed E-state index contributed by atoms with van der Waals surface area (Å²) >= 11 is 0. The van der Waals surface area contributed by atoms with Crippen molar-refractivity contribution < 1.29 is 4.74 Å². The van der Waals surface area contributed by atoms with Crippen LogP contribution in [0.1, 0.15) is 36.8 Å². The van der Waals surface area contributed by atoms with E-state index in [0.29, 0.717) is 12.1 Å². The molecule has 172 valence electrons. The second-order valence-electron chi connectivity index (χ2n) is 9.58.